The maximum absolute atomic E-state index is 10.8. The summed E-state index contributed by atoms with van der Waals surface area (Å²) >= 11 is 0. The van der Waals surface area contributed by atoms with Crippen LogP contribution in [0.2, 0.25) is 0 Å². The molecule has 2 rings (SSSR count). The van der Waals surface area contributed by atoms with Crippen LogP contribution in [-0.2, 0) is 0 Å². The SMILES string of the molecule is O=Cc1cccc(O)c1OC1CCCCC1. The van der Waals surface area contributed by atoms with Gasteiger partial charge >= 0.3 is 0 Å². The number of carbonyl (C=O) groups excluding carboxylic acids is 1. The Bertz CT molecular complexity index is 367. The number of phenols is 1. The van der Waals surface area contributed by atoms with Crippen LogP contribution in [0.4, 0.5) is 0 Å². The lowest BCUT2D eigenvalue weighted by atomic mass is 9.97. The zero-order valence-electron chi connectivity index (χ0n) is 9.19. The Morgan fingerprint density at radius 3 is 2.69 bits per heavy atom. The largest absolute Gasteiger partial charge is 0.504 e. The summed E-state index contributed by atoms with van der Waals surface area (Å²) in [6.07, 6.45) is 6.45. The van der Waals surface area contributed by atoms with E-state index in [0.29, 0.717) is 11.3 Å². The first kappa shape index (κ1) is 11.0. The van der Waals surface area contributed by atoms with Crippen molar-refractivity contribution < 1.29 is 14.6 Å². The van der Waals surface area contributed by atoms with Gasteiger partial charge < -0.3 is 9.84 Å². The number of aromatic hydroxyl groups is 1. The lowest BCUT2D eigenvalue weighted by molar-refractivity contribution is 0.110. The third kappa shape index (κ3) is 2.35. The van der Waals surface area contributed by atoms with E-state index in [2.05, 4.69) is 0 Å². The lowest BCUT2D eigenvalue weighted by Gasteiger charge is -2.23. The zero-order valence-corrected chi connectivity index (χ0v) is 9.19. The Kier molecular flexibility index (Phi) is 3.44. The molecule has 1 aliphatic carbocycles. The van der Waals surface area contributed by atoms with E-state index in [0.717, 1.165) is 32.0 Å². The number of hydrogen-bond donors (Lipinski definition) is 1. The van der Waals surface area contributed by atoms with E-state index in [1.54, 1.807) is 18.2 Å². The predicted octanol–water partition coefficient (Wildman–Crippen LogP) is 2.92. The van der Waals surface area contributed by atoms with Crippen LogP contribution in [-0.4, -0.2) is 17.5 Å². The lowest BCUT2D eigenvalue weighted by Crippen LogP contribution is -2.20. The molecule has 1 fully saturated rings. The van der Waals surface area contributed by atoms with Crippen molar-refractivity contribution in [1.82, 2.24) is 0 Å². The summed E-state index contributed by atoms with van der Waals surface area (Å²) in [4.78, 5) is 10.8. The van der Waals surface area contributed by atoms with Crippen LogP contribution in [0.15, 0.2) is 18.2 Å². The van der Waals surface area contributed by atoms with Crippen LogP contribution in [0.25, 0.3) is 0 Å². The summed E-state index contributed by atoms with van der Waals surface area (Å²) in [7, 11) is 0. The normalized spacial score (nSPS) is 17.0. The fraction of sp³-hybridized carbons (Fsp3) is 0.462. The van der Waals surface area contributed by atoms with Gasteiger partial charge in [0.05, 0.1) is 11.7 Å². The molecule has 1 aromatic carbocycles. The van der Waals surface area contributed by atoms with Gasteiger partial charge in [-0.15, -0.1) is 0 Å². The highest BCUT2D eigenvalue weighted by Crippen LogP contribution is 2.32. The molecule has 1 aromatic rings. The van der Waals surface area contributed by atoms with E-state index in [9.17, 15) is 9.90 Å². The number of carbonyl (C=O) groups is 1. The highest BCUT2D eigenvalue weighted by atomic mass is 16.5. The van der Waals surface area contributed by atoms with Crippen molar-refractivity contribution in [2.45, 2.75) is 38.2 Å². The first-order chi connectivity index (χ1) is 7.81. The second-order valence-electron chi connectivity index (χ2n) is 4.19. The zero-order chi connectivity index (χ0) is 11.4. The fourth-order valence-corrected chi connectivity index (χ4v) is 2.11. The Hall–Kier alpha value is -1.51. The molecule has 0 bridgehead atoms. The minimum absolute atomic E-state index is 0.0511. The van der Waals surface area contributed by atoms with Crippen LogP contribution < -0.4 is 4.74 Å². The topological polar surface area (TPSA) is 46.5 Å². The number of hydrogen-bond acceptors (Lipinski definition) is 3. The molecule has 0 unspecified atom stereocenters. The van der Waals surface area contributed by atoms with Crippen molar-refractivity contribution in [1.29, 1.82) is 0 Å². The van der Waals surface area contributed by atoms with E-state index < -0.39 is 0 Å². The molecule has 1 saturated carbocycles. The number of para-hydroxylation sites is 1. The summed E-state index contributed by atoms with van der Waals surface area (Å²) in [6, 6.07) is 4.85. The third-order valence-corrected chi connectivity index (χ3v) is 2.99. The first-order valence-electron chi connectivity index (χ1n) is 5.75. The number of rotatable bonds is 3. The van der Waals surface area contributed by atoms with Gasteiger partial charge in [0.1, 0.15) is 0 Å². The van der Waals surface area contributed by atoms with Crippen LogP contribution in [0, 0.1) is 0 Å². The van der Waals surface area contributed by atoms with Gasteiger partial charge in [0.15, 0.2) is 17.8 Å². The summed E-state index contributed by atoms with van der Waals surface area (Å²) < 4.78 is 5.73. The highest BCUT2D eigenvalue weighted by molar-refractivity contribution is 5.81. The molecule has 0 atom stereocenters. The Morgan fingerprint density at radius 1 is 1.25 bits per heavy atom. The number of benzene rings is 1. The van der Waals surface area contributed by atoms with Crippen molar-refractivity contribution in [2.75, 3.05) is 0 Å². The van der Waals surface area contributed by atoms with Crippen molar-refractivity contribution in [3.8, 4) is 11.5 Å². The third-order valence-electron chi connectivity index (χ3n) is 2.99. The van der Waals surface area contributed by atoms with Gasteiger partial charge in [-0.3, -0.25) is 4.79 Å². The van der Waals surface area contributed by atoms with E-state index in [1.807, 2.05) is 0 Å². The highest BCUT2D eigenvalue weighted by Gasteiger charge is 2.18. The van der Waals surface area contributed by atoms with Crippen molar-refractivity contribution >= 4 is 6.29 Å². The van der Waals surface area contributed by atoms with Crippen molar-refractivity contribution in [2.24, 2.45) is 0 Å². The van der Waals surface area contributed by atoms with Gasteiger partial charge in [-0.1, -0.05) is 12.5 Å². The van der Waals surface area contributed by atoms with Gasteiger partial charge in [-0.05, 0) is 37.8 Å². The number of ether oxygens (including phenoxy) is 1. The summed E-state index contributed by atoms with van der Waals surface area (Å²) in [5.74, 6) is 0.388. The fourth-order valence-electron chi connectivity index (χ4n) is 2.11. The van der Waals surface area contributed by atoms with E-state index in [4.69, 9.17) is 4.74 Å². The minimum Gasteiger partial charge on any atom is -0.504 e. The molecule has 16 heavy (non-hydrogen) atoms. The minimum atomic E-state index is 0.0511. The van der Waals surface area contributed by atoms with Crippen LogP contribution >= 0.6 is 0 Å². The van der Waals surface area contributed by atoms with Gasteiger partial charge in [0.25, 0.3) is 0 Å². The molecular formula is C13H16O3. The second kappa shape index (κ2) is 5.01. The molecule has 1 N–H and O–H groups in total. The maximum Gasteiger partial charge on any atom is 0.171 e. The molecule has 0 aliphatic heterocycles. The average Bonchev–Trinajstić information content (AvgIpc) is 2.33. The molecule has 3 heteroatoms. The Balaban J connectivity index is 2.15. The van der Waals surface area contributed by atoms with Gasteiger partial charge in [0, 0.05) is 0 Å². The molecule has 0 radical (unpaired) electrons. The molecule has 1 aliphatic rings. The molecule has 0 saturated heterocycles. The van der Waals surface area contributed by atoms with E-state index in [-0.39, 0.29) is 11.9 Å². The number of phenolic OH excluding ortho intramolecular Hbond substituents is 1. The molecule has 0 spiro atoms. The molecule has 86 valence electrons. The summed E-state index contributed by atoms with van der Waals surface area (Å²) in [5, 5.41) is 9.67. The summed E-state index contributed by atoms with van der Waals surface area (Å²) in [5.41, 5.74) is 0.422. The Labute approximate surface area is 95.0 Å². The smallest absolute Gasteiger partial charge is 0.171 e. The van der Waals surface area contributed by atoms with Crippen LogP contribution in [0.3, 0.4) is 0 Å². The van der Waals surface area contributed by atoms with Crippen LogP contribution in [0.1, 0.15) is 42.5 Å². The molecule has 3 nitrogen and oxygen atoms in total. The second-order valence-corrected chi connectivity index (χ2v) is 4.19. The van der Waals surface area contributed by atoms with Crippen molar-refractivity contribution in [3.05, 3.63) is 23.8 Å². The predicted molar refractivity (Wildman–Crippen MR) is 61.0 cm³/mol. The standard InChI is InChI=1S/C13H16O3/c14-9-10-5-4-8-12(15)13(10)16-11-6-2-1-3-7-11/h4-5,8-9,11,15H,1-3,6-7H2. The van der Waals surface area contributed by atoms with E-state index >= 15 is 0 Å². The molecular weight excluding hydrogens is 204 g/mol. The molecule has 0 amide bonds. The average molecular weight is 220 g/mol. The first-order valence-corrected chi connectivity index (χ1v) is 5.75. The monoisotopic (exact) mass is 220 g/mol. The Morgan fingerprint density at radius 2 is 2.00 bits per heavy atom. The van der Waals surface area contributed by atoms with Crippen LogP contribution in [0.5, 0.6) is 11.5 Å². The molecule has 0 aromatic heterocycles. The van der Waals surface area contributed by atoms with Gasteiger partial charge in [0.2, 0.25) is 0 Å². The van der Waals surface area contributed by atoms with Crippen molar-refractivity contribution in [3.63, 3.8) is 0 Å². The maximum atomic E-state index is 10.8. The number of aldehydes is 1. The quantitative estimate of drug-likeness (QED) is 0.797. The van der Waals surface area contributed by atoms with Gasteiger partial charge in [-0.2, -0.15) is 0 Å². The van der Waals surface area contributed by atoms with E-state index in [1.165, 1.54) is 6.42 Å². The summed E-state index contributed by atoms with van der Waals surface area (Å²) in [6.45, 7) is 0. The van der Waals surface area contributed by atoms with Gasteiger partial charge in [-0.25, -0.2) is 0 Å². The molecule has 0 heterocycles.